The highest BCUT2D eigenvalue weighted by Gasteiger charge is 2.09. The van der Waals surface area contributed by atoms with Crippen LogP contribution in [0.5, 0.6) is 0 Å². The average molecular weight is 268 g/mol. The Morgan fingerprint density at radius 3 is 3.07 bits per heavy atom. The molecule has 2 heterocycles. The summed E-state index contributed by atoms with van der Waals surface area (Å²) in [6, 6.07) is 4.16. The molecule has 0 bridgehead atoms. The highest BCUT2D eigenvalue weighted by atomic mass is 79.9. The molecule has 0 radical (unpaired) electrons. The van der Waals surface area contributed by atoms with Crippen LogP contribution in [0.15, 0.2) is 22.9 Å². The number of imidazole rings is 1. The second kappa shape index (κ2) is 4.33. The van der Waals surface area contributed by atoms with E-state index in [4.69, 9.17) is 0 Å². The zero-order chi connectivity index (χ0) is 10.8. The topological polar surface area (TPSA) is 29.3 Å². The van der Waals surface area contributed by atoms with E-state index in [1.165, 1.54) is 11.1 Å². The molecule has 2 aromatic rings. The second-order valence-electron chi connectivity index (χ2n) is 3.58. The van der Waals surface area contributed by atoms with Crippen molar-refractivity contribution in [3.05, 3.63) is 34.3 Å². The monoisotopic (exact) mass is 267 g/mol. The number of likely N-dealkylation sites (N-methyl/N-ethyl adjacent to an activating group) is 1. The maximum Gasteiger partial charge on any atom is 0.132 e. The Hall–Kier alpha value is -0.870. The van der Waals surface area contributed by atoms with Gasteiger partial charge in [0.05, 0.1) is 5.52 Å². The maximum absolute atomic E-state index is 4.53. The first-order valence-corrected chi connectivity index (χ1v) is 5.80. The molecule has 0 unspecified atom stereocenters. The van der Waals surface area contributed by atoms with Crippen LogP contribution in [-0.4, -0.2) is 23.0 Å². The largest absolute Gasteiger partial charge is 0.319 e. The highest BCUT2D eigenvalue weighted by molar-refractivity contribution is 9.10. The molecule has 0 amide bonds. The van der Waals surface area contributed by atoms with Crippen LogP contribution in [0.3, 0.4) is 0 Å². The number of fused-ring (bicyclic) bond motifs is 1. The van der Waals surface area contributed by atoms with Gasteiger partial charge in [0.1, 0.15) is 10.4 Å². The molecular formula is C11H14BrN3. The van der Waals surface area contributed by atoms with E-state index in [1.54, 1.807) is 0 Å². The van der Waals surface area contributed by atoms with E-state index < -0.39 is 0 Å². The smallest absolute Gasteiger partial charge is 0.132 e. The minimum atomic E-state index is 0.937. The van der Waals surface area contributed by atoms with Gasteiger partial charge in [-0.1, -0.05) is 6.07 Å². The standard InChI is InChI=1S/C11H14BrN3/c1-8-4-3-7-15-9(5-6-13-2)14-11(12)10(8)15/h3-4,7,13H,5-6H2,1-2H3. The summed E-state index contributed by atoms with van der Waals surface area (Å²) in [5, 5.41) is 3.14. The zero-order valence-electron chi connectivity index (χ0n) is 8.92. The number of nitrogens with zero attached hydrogens (tertiary/aromatic N) is 2. The lowest BCUT2D eigenvalue weighted by Gasteiger charge is -2.01. The van der Waals surface area contributed by atoms with E-state index in [2.05, 4.69) is 55.9 Å². The molecule has 2 rings (SSSR count). The van der Waals surface area contributed by atoms with Gasteiger partial charge in [-0.05, 0) is 41.5 Å². The van der Waals surface area contributed by atoms with Crippen LogP contribution >= 0.6 is 15.9 Å². The van der Waals surface area contributed by atoms with Crippen LogP contribution in [0.2, 0.25) is 0 Å². The molecule has 0 spiro atoms. The van der Waals surface area contributed by atoms with Gasteiger partial charge in [0.2, 0.25) is 0 Å². The lowest BCUT2D eigenvalue weighted by molar-refractivity contribution is 0.752. The summed E-state index contributed by atoms with van der Waals surface area (Å²) in [6.45, 7) is 3.04. The van der Waals surface area contributed by atoms with Crippen molar-refractivity contribution in [3.8, 4) is 0 Å². The van der Waals surface area contributed by atoms with Crippen molar-refractivity contribution >= 4 is 21.4 Å². The number of pyridine rings is 1. The molecule has 0 aliphatic rings. The van der Waals surface area contributed by atoms with Gasteiger partial charge in [0.25, 0.3) is 0 Å². The van der Waals surface area contributed by atoms with Crippen LogP contribution < -0.4 is 5.32 Å². The van der Waals surface area contributed by atoms with Gasteiger partial charge in [-0.15, -0.1) is 0 Å². The van der Waals surface area contributed by atoms with Crippen molar-refractivity contribution in [2.75, 3.05) is 13.6 Å². The van der Waals surface area contributed by atoms with Crippen molar-refractivity contribution in [1.29, 1.82) is 0 Å². The Morgan fingerprint density at radius 2 is 2.33 bits per heavy atom. The van der Waals surface area contributed by atoms with Crippen molar-refractivity contribution in [2.45, 2.75) is 13.3 Å². The number of nitrogens with one attached hydrogen (secondary N) is 1. The van der Waals surface area contributed by atoms with Gasteiger partial charge < -0.3 is 9.72 Å². The third-order valence-corrected chi connectivity index (χ3v) is 3.05. The molecule has 80 valence electrons. The number of halogens is 1. The fourth-order valence-corrected chi connectivity index (χ4v) is 2.44. The number of hydrogen-bond donors (Lipinski definition) is 1. The first-order chi connectivity index (χ1) is 7.24. The van der Waals surface area contributed by atoms with Gasteiger partial charge in [0.15, 0.2) is 0 Å². The molecule has 0 aromatic carbocycles. The number of rotatable bonds is 3. The van der Waals surface area contributed by atoms with Crippen LogP contribution in [-0.2, 0) is 6.42 Å². The molecular weight excluding hydrogens is 254 g/mol. The SMILES string of the molecule is CNCCc1nc(Br)c2c(C)cccn12. The summed E-state index contributed by atoms with van der Waals surface area (Å²) in [5.74, 6) is 1.09. The summed E-state index contributed by atoms with van der Waals surface area (Å²) in [6.07, 6.45) is 3.00. The van der Waals surface area contributed by atoms with Gasteiger partial charge in [0, 0.05) is 19.2 Å². The fraction of sp³-hybridized carbons (Fsp3) is 0.364. The Kier molecular flexibility index (Phi) is 3.07. The van der Waals surface area contributed by atoms with Gasteiger partial charge in [-0.2, -0.15) is 0 Å². The molecule has 0 atom stereocenters. The molecule has 3 nitrogen and oxygen atoms in total. The van der Waals surface area contributed by atoms with Gasteiger partial charge >= 0.3 is 0 Å². The summed E-state index contributed by atoms with van der Waals surface area (Å²) in [4.78, 5) is 4.53. The minimum Gasteiger partial charge on any atom is -0.319 e. The first-order valence-electron chi connectivity index (χ1n) is 5.00. The number of aromatic nitrogens is 2. The molecule has 0 saturated heterocycles. The Labute approximate surface area is 97.6 Å². The molecule has 0 aliphatic heterocycles. The average Bonchev–Trinajstić information content (AvgIpc) is 2.54. The molecule has 4 heteroatoms. The van der Waals surface area contributed by atoms with Gasteiger partial charge in [-0.25, -0.2) is 4.98 Å². The molecule has 1 N–H and O–H groups in total. The van der Waals surface area contributed by atoms with E-state index in [1.807, 2.05) is 7.05 Å². The van der Waals surface area contributed by atoms with E-state index >= 15 is 0 Å². The Balaban J connectivity index is 2.53. The highest BCUT2D eigenvalue weighted by Crippen LogP contribution is 2.22. The normalized spacial score (nSPS) is 11.1. The Bertz CT molecular complexity index is 476. The molecule has 0 saturated carbocycles. The third kappa shape index (κ3) is 1.92. The first kappa shape index (κ1) is 10.6. The van der Waals surface area contributed by atoms with Crippen molar-refractivity contribution in [2.24, 2.45) is 0 Å². The van der Waals surface area contributed by atoms with Crippen LogP contribution in [0.25, 0.3) is 5.52 Å². The van der Waals surface area contributed by atoms with Crippen LogP contribution in [0.1, 0.15) is 11.4 Å². The number of aryl methyl sites for hydroxylation is 1. The fourth-order valence-electron chi connectivity index (χ4n) is 1.73. The molecule has 0 aliphatic carbocycles. The van der Waals surface area contributed by atoms with Crippen molar-refractivity contribution in [3.63, 3.8) is 0 Å². The summed E-state index contributed by atoms with van der Waals surface area (Å²) >= 11 is 3.51. The zero-order valence-corrected chi connectivity index (χ0v) is 10.5. The van der Waals surface area contributed by atoms with E-state index in [-0.39, 0.29) is 0 Å². The lowest BCUT2D eigenvalue weighted by atomic mass is 10.2. The van der Waals surface area contributed by atoms with Crippen molar-refractivity contribution in [1.82, 2.24) is 14.7 Å². The summed E-state index contributed by atoms with van der Waals surface area (Å²) < 4.78 is 3.09. The summed E-state index contributed by atoms with van der Waals surface area (Å²) in [7, 11) is 1.95. The number of hydrogen-bond acceptors (Lipinski definition) is 2. The van der Waals surface area contributed by atoms with E-state index in [9.17, 15) is 0 Å². The minimum absolute atomic E-state index is 0.937. The van der Waals surface area contributed by atoms with Crippen LogP contribution in [0, 0.1) is 6.92 Å². The quantitative estimate of drug-likeness (QED) is 0.924. The predicted molar refractivity (Wildman–Crippen MR) is 65.3 cm³/mol. The molecule has 15 heavy (non-hydrogen) atoms. The Morgan fingerprint density at radius 1 is 1.53 bits per heavy atom. The van der Waals surface area contributed by atoms with Crippen LogP contribution in [0.4, 0.5) is 0 Å². The molecule has 0 fully saturated rings. The van der Waals surface area contributed by atoms with E-state index in [0.29, 0.717) is 0 Å². The maximum atomic E-state index is 4.53. The van der Waals surface area contributed by atoms with Crippen molar-refractivity contribution < 1.29 is 0 Å². The predicted octanol–water partition coefficient (Wildman–Crippen LogP) is 2.17. The lowest BCUT2D eigenvalue weighted by Crippen LogP contribution is -2.12. The summed E-state index contributed by atoms with van der Waals surface area (Å²) in [5.41, 5.74) is 2.41. The second-order valence-corrected chi connectivity index (χ2v) is 4.33. The van der Waals surface area contributed by atoms with Gasteiger partial charge in [-0.3, -0.25) is 0 Å². The molecule has 2 aromatic heterocycles. The third-order valence-electron chi connectivity index (χ3n) is 2.50. The van der Waals surface area contributed by atoms with E-state index in [0.717, 1.165) is 23.4 Å².